The van der Waals surface area contributed by atoms with E-state index in [0.29, 0.717) is 12.1 Å². The predicted molar refractivity (Wildman–Crippen MR) is 103 cm³/mol. The molecule has 1 aromatic heterocycles. The number of esters is 1. The summed E-state index contributed by atoms with van der Waals surface area (Å²) < 4.78 is 7.65. The molecule has 1 unspecified atom stereocenters. The van der Waals surface area contributed by atoms with Gasteiger partial charge in [0.15, 0.2) is 0 Å². The van der Waals surface area contributed by atoms with Crippen LogP contribution in [0.5, 0.6) is 0 Å². The van der Waals surface area contributed by atoms with Crippen molar-refractivity contribution >= 4 is 17.0 Å². The molecule has 0 aliphatic carbocycles. The van der Waals surface area contributed by atoms with E-state index in [4.69, 9.17) is 4.74 Å². The van der Waals surface area contributed by atoms with Gasteiger partial charge in [0.05, 0.1) is 17.6 Å². The zero-order chi connectivity index (χ0) is 18.6. The number of nitrogens with zero attached hydrogens (tertiary/aromatic N) is 3. The van der Waals surface area contributed by atoms with Crippen molar-refractivity contribution in [1.82, 2.24) is 15.0 Å². The van der Waals surface area contributed by atoms with Gasteiger partial charge in [-0.2, -0.15) is 0 Å². The van der Waals surface area contributed by atoms with Gasteiger partial charge in [0, 0.05) is 0 Å². The average Bonchev–Trinajstić information content (AvgIpc) is 3.11. The van der Waals surface area contributed by atoms with Crippen LogP contribution >= 0.6 is 0 Å². The third kappa shape index (κ3) is 3.72. The van der Waals surface area contributed by atoms with E-state index in [-0.39, 0.29) is 5.97 Å². The summed E-state index contributed by atoms with van der Waals surface area (Å²) in [7, 11) is 0. The van der Waals surface area contributed by atoms with Crippen LogP contribution in [0.1, 0.15) is 27.6 Å². The maximum Gasteiger partial charge on any atom is 0.338 e. The average molecular weight is 357 g/mol. The van der Waals surface area contributed by atoms with Crippen molar-refractivity contribution in [3.8, 4) is 0 Å². The van der Waals surface area contributed by atoms with Crippen molar-refractivity contribution in [2.45, 2.75) is 19.6 Å². The van der Waals surface area contributed by atoms with Crippen molar-refractivity contribution in [1.29, 1.82) is 0 Å². The molecule has 3 aromatic carbocycles. The van der Waals surface area contributed by atoms with E-state index >= 15 is 0 Å². The van der Waals surface area contributed by atoms with Crippen molar-refractivity contribution in [2.24, 2.45) is 0 Å². The number of rotatable bonds is 5. The molecule has 0 saturated carbocycles. The van der Waals surface area contributed by atoms with Crippen LogP contribution in [-0.4, -0.2) is 21.0 Å². The molecule has 0 saturated heterocycles. The summed E-state index contributed by atoms with van der Waals surface area (Å²) in [5, 5.41) is 8.43. The first-order valence-electron chi connectivity index (χ1n) is 8.81. The second-order valence-corrected chi connectivity index (χ2v) is 6.43. The molecular weight excluding hydrogens is 338 g/mol. The number of hydrogen-bond acceptors (Lipinski definition) is 4. The quantitative estimate of drug-likeness (QED) is 0.499. The summed E-state index contributed by atoms with van der Waals surface area (Å²) in [6.07, 6.45) is -0.470. The number of aryl methyl sites for hydroxylation is 1. The van der Waals surface area contributed by atoms with Gasteiger partial charge in [-0.05, 0) is 36.8 Å². The monoisotopic (exact) mass is 357 g/mol. The Balaban J connectivity index is 1.67. The Morgan fingerprint density at radius 1 is 1.00 bits per heavy atom. The van der Waals surface area contributed by atoms with Crippen molar-refractivity contribution in [3.63, 3.8) is 0 Å². The molecule has 0 amide bonds. The van der Waals surface area contributed by atoms with E-state index in [1.54, 1.807) is 16.8 Å². The van der Waals surface area contributed by atoms with Crippen LogP contribution in [0.25, 0.3) is 11.0 Å². The fourth-order valence-corrected chi connectivity index (χ4v) is 3.06. The van der Waals surface area contributed by atoms with Crippen molar-refractivity contribution in [2.75, 3.05) is 0 Å². The first-order chi connectivity index (χ1) is 13.2. The first kappa shape index (κ1) is 17.0. The minimum atomic E-state index is -0.470. The van der Waals surface area contributed by atoms with E-state index in [1.807, 2.05) is 73.7 Å². The van der Waals surface area contributed by atoms with Gasteiger partial charge in [0.25, 0.3) is 0 Å². The van der Waals surface area contributed by atoms with Crippen LogP contribution in [-0.2, 0) is 11.3 Å². The van der Waals surface area contributed by atoms with E-state index in [2.05, 4.69) is 10.3 Å². The lowest BCUT2D eigenvalue weighted by molar-refractivity contribution is 0.0248. The van der Waals surface area contributed by atoms with Gasteiger partial charge >= 0.3 is 5.97 Å². The Morgan fingerprint density at radius 2 is 1.78 bits per heavy atom. The Hall–Kier alpha value is -3.47. The smallest absolute Gasteiger partial charge is 0.338 e. The van der Waals surface area contributed by atoms with Crippen molar-refractivity contribution in [3.05, 3.63) is 95.6 Å². The molecule has 1 atom stereocenters. The van der Waals surface area contributed by atoms with E-state index in [9.17, 15) is 4.79 Å². The molecule has 134 valence electrons. The largest absolute Gasteiger partial charge is 0.452 e. The molecule has 0 aliphatic rings. The minimum Gasteiger partial charge on any atom is -0.452 e. The molecule has 5 nitrogen and oxygen atoms in total. The number of benzene rings is 3. The zero-order valence-electron chi connectivity index (χ0n) is 14.9. The SMILES string of the molecule is Cc1cccc(C(Cn2nnc3ccccc32)OC(=O)c2ccccc2)c1. The van der Waals surface area contributed by atoms with Gasteiger partial charge in [-0.1, -0.05) is 65.4 Å². The first-order valence-corrected chi connectivity index (χ1v) is 8.81. The van der Waals surface area contributed by atoms with Gasteiger partial charge in [-0.3, -0.25) is 0 Å². The fourth-order valence-electron chi connectivity index (χ4n) is 3.06. The topological polar surface area (TPSA) is 57.0 Å². The highest BCUT2D eigenvalue weighted by molar-refractivity contribution is 5.89. The van der Waals surface area contributed by atoms with Crippen LogP contribution < -0.4 is 0 Å². The molecular formula is C22H19N3O2. The van der Waals surface area contributed by atoms with Crippen LogP contribution in [0.2, 0.25) is 0 Å². The second-order valence-electron chi connectivity index (χ2n) is 6.43. The fraction of sp³-hybridized carbons (Fsp3) is 0.136. The Morgan fingerprint density at radius 3 is 2.59 bits per heavy atom. The highest BCUT2D eigenvalue weighted by Crippen LogP contribution is 2.24. The lowest BCUT2D eigenvalue weighted by Gasteiger charge is -2.19. The molecule has 0 bridgehead atoms. The maximum absolute atomic E-state index is 12.6. The molecule has 27 heavy (non-hydrogen) atoms. The zero-order valence-corrected chi connectivity index (χ0v) is 14.9. The highest BCUT2D eigenvalue weighted by atomic mass is 16.5. The summed E-state index contributed by atoms with van der Waals surface area (Å²) in [4.78, 5) is 12.6. The van der Waals surface area contributed by atoms with E-state index < -0.39 is 6.10 Å². The van der Waals surface area contributed by atoms with Gasteiger partial charge < -0.3 is 4.74 Å². The number of ether oxygens (including phenoxy) is 1. The molecule has 4 rings (SSSR count). The molecule has 1 heterocycles. The molecule has 0 aliphatic heterocycles. The summed E-state index contributed by atoms with van der Waals surface area (Å²) >= 11 is 0. The number of carbonyl (C=O) groups excluding carboxylic acids is 1. The van der Waals surface area contributed by atoms with Gasteiger partial charge in [0.1, 0.15) is 11.6 Å². The lowest BCUT2D eigenvalue weighted by atomic mass is 10.1. The summed E-state index contributed by atoms with van der Waals surface area (Å²) in [6, 6.07) is 24.7. The standard InChI is InChI=1S/C22H19N3O2/c1-16-8-7-11-18(14-16)21(27-22(26)17-9-3-2-4-10-17)15-25-20-13-6-5-12-19(20)23-24-25/h2-14,21H,15H2,1H3. The van der Waals surface area contributed by atoms with Crippen LogP contribution in [0.4, 0.5) is 0 Å². The second kappa shape index (κ2) is 7.41. The number of fused-ring (bicyclic) bond motifs is 1. The van der Waals surface area contributed by atoms with Gasteiger partial charge in [-0.25, -0.2) is 9.48 Å². The third-order valence-electron chi connectivity index (χ3n) is 4.43. The number of aromatic nitrogens is 3. The molecule has 0 spiro atoms. The third-order valence-corrected chi connectivity index (χ3v) is 4.43. The van der Waals surface area contributed by atoms with Crippen LogP contribution in [0.15, 0.2) is 78.9 Å². The van der Waals surface area contributed by atoms with Crippen LogP contribution in [0.3, 0.4) is 0 Å². The molecule has 0 radical (unpaired) electrons. The Bertz CT molecular complexity index is 1070. The van der Waals surface area contributed by atoms with Crippen LogP contribution in [0, 0.1) is 6.92 Å². The Kier molecular flexibility index (Phi) is 4.66. The molecule has 0 N–H and O–H groups in total. The van der Waals surface area contributed by atoms with Gasteiger partial charge in [-0.15, -0.1) is 5.10 Å². The Labute approximate surface area is 157 Å². The van der Waals surface area contributed by atoms with E-state index in [1.165, 1.54) is 0 Å². The predicted octanol–water partition coefficient (Wildman–Crippen LogP) is 4.34. The van der Waals surface area contributed by atoms with Crippen molar-refractivity contribution < 1.29 is 9.53 Å². The van der Waals surface area contributed by atoms with Gasteiger partial charge in [0.2, 0.25) is 0 Å². The summed E-state index contributed by atoms with van der Waals surface area (Å²) in [5.74, 6) is -0.355. The molecule has 4 aromatic rings. The summed E-state index contributed by atoms with van der Waals surface area (Å²) in [6.45, 7) is 2.41. The number of hydrogen-bond donors (Lipinski definition) is 0. The normalized spacial score (nSPS) is 12.0. The van der Waals surface area contributed by atoms with E-state index in [0.717, 1.165) is 22.2 Å². The molecule has 5 heteroatoms. The number of para-hydroxylation sites is 1. The summed E-state index contributed by atoms with van der Waals surface area (Å²) in [5.41, 5.74) is 4.29. The minimum absolute atomic E-state index is 0.355. The maximum atomic E-state index is 12.6. The highest BCUT2D eigenvalue weighted by Gasteiger charge is 2.20. The number of carbonyl (C=O) groups is 1. The lowest BCUT2D eigenvalue weighted by Crippen LogP contribution is -2.18. The molecule has 0 fully saturated rings.